The quantitative estimate of drug-likeness (QED) is 0.883. The third-order valence-corrected chi connectivity index (χ3v) is 3.01. The molecule has 0 atom stereocenters. The summed E-state index contributed by atoms with van der Waals surface area (Å²) >= 11 is 5.88. The Bertz CT molecular complexity index is 687. The summed E-state index contributed by atoms with van der Waals surface area (Å²) in [4.78, 5) is 11.8. The summed E-state index contributed by atoms with van der Waals surface area (Å²) in [6.45, 7) is 0. The van der Waals surface area contributed by atoms with Gasteiger partial charge >= 0.3 is 6.03 Å². The monoisotopic (exact) mass is 320 g/mol. The highest BCUT2D eigenvalue weighted by Gasteiger charge is 2.06. The molecule has 4 nitrogen and oxygen atoms in total. The first kappa shape index (κ1) is 15.9. The predicted octanol–water partition coefficient (Wildman–Crippen LogP) is 4.28. The number of carbonyl (C=O) groups excluding carboxylic acids is 1. The molecule has 2 aromatic carbocycles. The lowest BCUT2D eigenvalue weighted by Gasteiger charge is -2.10. The van der Waals surface area contributed by atoms with Crippen LogP contribution in [0.1, 0.15) is 5.56 Å². The fourth-order valence-corrected chi connectivity index (χ4v) is 1.90. The van der Waals surface area contributed by atoms with Crippen LogP contribution < -0.4 is 15.4 Å². The van der Waals surface area contributed by atoms with Gasteiger partial charge in [-0.25, -0.2) is 9.18 Å². The van der Waals surface area contributed by atoms with Crippen molar-refractivity contribution < 1.29 is 13.9 Å². The number of anilines is 1. The average Bonchev–Trinajstić information content (AvgIpc) is 2.49. The van der Waals surface area contributed by atoms with Crippen LogP contribution in [-0.4, -0.2) is 13.1 Å². The number of ether oxygens (including phenoxy) is 1. The highest BCUT2D eigenvalue weighted by atomic mass is 35.5. The van der Waals surface area contributed by atoms with Crippen molar-refractivity contribution in [1.29, 1.82) is 0 Å². The van der Waals surface area contributed by atoms with E-state index in [2.05, 4.69) is 10.6 Å². The Kier molecular flexibility index (Phi) is 5.38. The number of carbonyl (C=O) groups is 1. The minimum Gasteiger partial charge on any atom is -0.495 e. The van der Waals surface area contributed by atoms with Crippen molar-refractivity contribution in [2.24, 2.45) is 0 Å². The van der Waals surface area contributed by atoms with Crippen LogP contribution in [0.3, 0.4) is 0 Å². The van der Waals surface area contributed by atoms with Crippen LogP contribution in [-0.2, 0) is 0 Å². The number of amides is 2. The smallest absolute Gasteiger partial charge is 0.323 e. The van der Waals surface area contributed by atoms with Crippen LogP contribution in [0.25, 0.3) is 6.08 Å². The Labute approximate surface area is 132 Å². The third kappa shape index (κ3) is 4.49. The van der Waals surface area contributed by atoms with Gasteiger partial charge in [-0.05, 0) is 42.0 Å². The molecule has 2 rings (SSSR count). The SMILES string of the molecule is COc1ccc(Cl)cc1NC(=O)N/C=C/c1ccc(F)cc1. The Balaban J connectivity index is 1.96. The van der Waals surface area contributed by atoms with E-state index < -0.39 is 6.03 Å². The number of nitrogens with one attached hydrogen (secondary N) is 2. The molecule has 0 unspecified atom stereocenters. The summed E-state index contributed by atoms with van der Waals surface area (Å²) in [5.74, 6) is 0.193. The van der Waals surface area contributed by atoms with E-state index in [1.54, 1.807) is 36.4 Å². The Morgan fingerprint density at radius 3 is 2.64 bits per heavy atom. The van der Waals surface area contributed by atoms with Crippen molar-refractivity contribution in [3.63, 3.8) is 0 Å². The summed E-state index contributed by atoms with van der Waals surface area (Å²) in [5, 5.41) is 5.65. The van der Waals surface area contributed by atoms with Crippen LogP contribution in [0.2, 0.25) is 5.02 Å². The van der Waals surface area contributed by atoms with Crippen LogP contribution in [0.15, 0.2) is 48.7 Å². The molecule has 0 heterocycles. The molecule has 2 amide bonds. The fraction of sp³-hybridized carbons (Fsp3) is 0.0625. The Morgan fingerprint density at radius 1 is 1.23 bits per heavy atom. The van der Waals surface area contributed by atoms with E-state index in [0.29, 0.717) is 16.5 Å². The molecule has 114 valence electrons. The van der Waals surface area contributed by atoms with Gasteiger partial charge in [-0.2, -0.15) is 0 Å². The standard InChI is InChI=1S/C16H14ClFN2O2/c1-22-15-7-4-12(17)10-14(15)20-16(21)19-9-8-11-2-5-13(18)6-3-11/h2-10H,1H3,(H2,19,20,21)/b9-8+. The van der Waals surface area contributed by atoms with Crippen LogP contribution in [0, 0.1) is 5.82 Å². The minimum absolute atomic E-state index is 0.309. The molecule has 0 saturated heterocycles. The van der Waals surface area contributed by atoms with E-state index in [9.17, 15) is 9.18 Å². The Morgan fingerprint density at radius 2 is 1.95 bits per heavy atom. The lowest BCUT2D eigenvalue weighted by atomic mass is 10.2. The molecule has 0 aromatic heterocycles. The van der Waals surface area contributed by atoms with Gasteiger partial charge in [0.25, 0.3) is 0 Å². The molecule has 0 aliphatic carbocycles. The molecule has 0 saturated carbocycles. The van der Waals surface area contributed by atoms with E-state index in [0.717, 1.165) is 5.56 Å². The molecule has 0 bridgehead atoms. The van der Waals surface area contributed by atoms with Crippen LogP contribution in [0.4, 0.5) is 14.9 Å². The third-order valence-electron chi connectivity index (χ3n) is 2.77. The molecule has 6 heteroatoms. The molecule has 0 fully saturated rings. The van der Waals surface area contributed by atoms with Gasteiger partial charge in [-0.3, -0.25) is 0 Å². The zero-order valence-corrected chi connectivity index (χ0v) is 12.5. The zero-order valence-electron chi connectivity index (χ0n) is 11.8. The van der Waals surface area contributed by atoms with E-state index in [1.807, 2.05) is 0 Å². The molecule has 0 spiro atoms. The second-order valence-electron chi connectivity index (χ2n) is 4.33. The molecule has 0 aliphatic heterocycles. The average molecular weight is 321 g/mol. The molecule has 0 radical (unpaired) electrons. The van der Waals surface area contributed by atoms with Crippen molar-refractivity contribution >= 4 is 29.4 Å². The molecule has 0 aliphatic rings. The molecular weight excluding hydrogens is 307 g/mol. The van der Waals surface area contributed by atoms with Crippen molar-refractivity contribution in [3.8, 4) is 5.75 Å². The second-order valence-corrected chi connectivity index (χ2v) is 4.76. The number of rotatable bonds is 4. The van der Waals surface area contributed by atoms with Gasteiger partial charge in [0.1, 0.15) is 11.6 Å². The topological polar surface area (TPSA) is 50.4 Å². The zero-order chi connectivity index (χ0) is 15.9. The Hall–Kier alpha value is -2.53. The van der Waals surface area contributed by atoms with Crippen LogP contribution >= 0.6 is 11.6 Å². The minimum atomic E-state index is -0.445. The number of urea groups is 1. The summed E-state index contributed by atoms with van der Waals surface area (Å²) in [6.07, 6.45) is 3.10. The van der Waals surface area contributed by atoms with Gasteiger partial charge < -0.3 is 15.4 Å². The van der Waals surface area contributed by atoms with E-state index in [4.69, 9.17) is 16.3 Å². The molecule has 22 heavy (non-hydrogen) atoms. The summed E-state index contributed by atoms with van der Waals surface area (Å²) in [5.41, 5.74) is 1.23. The summed E-state index contributed by atoms with van der Waals surface area (Å²) in [7, 11) is 1.50. The fourth-order valence-electron chi connectivity index (χ4n) is 1.72. The van der Waals surface area contributed by atoms with Crippen molar-refractivity contribution in [2.75, 3.05) is 12.4 Å². The number of methoxy groups -OCH3 is 1. The summed E-state index contributed by atoms with van der Waals surface area (Å²) < 4.78 is 17.9. The van der Waals surface area contributed by atoms with Gasteiger partial charge in [0, 0.05) is 11.2 Å². The van der Waals surface area contributed by atoms with Crippen LogP contribution in [0.5, 0.6) is 5.75 Å². The van der Waals surface area contributed by atoms with Gasteiger partial charge in [-0.1, -0.05) is 23.7 Å². The van der Waals surface area contributed by atoms with Crippen molar-refractivity contribution in [2.45, 2.75) is 0 Å². The largest absolute Gasteiger partial charge is 0.495 e. The van der Waals surface area contributed by atoms with Gasteiger partial charge in [0.15, 0.2) is 0 Å². The number of halogens is 2. The molecule has 2 N–H and O–H groups in total. The van der Waals surface area contributed by atoms with Crippen molar-refractivity contribution in [1.82, 2.24) is 5.32 Å². The van der Waals surface area contributed by atoms with Gasteiger partial charge in [-0.15, -0.1) is 0 Å². The first-order valence-corrected chi connectivity index (χ1v) is 6.79. The van der Waals surface area contributed by atoms with Gasteiger partial charge in [0.2, 0.25) is 0 Å². The van der Waals surface area contributed by atoms with E-state index >= 15 is 0 Å². The maximum Gasteiger partial charge on any atom is 0.323 e. The lowest BCUT2D eigenvalue weighted by molar-refractivity contribution is 0.255. The molecule has 2 aromatic rings. The number of hydrogen-bond donors (Lipinski definition) is 2. The number of benzene rings is 2. The molecular formula is C16H14ClFN2O2. The second kappa shape index (κ2) is 7.47. The highest BCUT2D eigenvalue weighted by molar-refractivity contribution is 6.31. The summed E-state index contributed by atoms with van der Waals surface area (Å²) in [6, 6.07) is 10.4. The number of hydrogen-bond acceptors (Lipinski definition) is 2. The van der Waals surface area contributed by atoms with E-state index in [-0.39, 0.29) is 5.82 Å². The predicted molar refractivity (Wildman–Crippen MR) is 85.6 cm³/mol. The first-order chi connectivity index (χ1) is 10.6. The maximum absolute atomic E-state index is 12.8. The lowest BCUT2D eigenvalue weighted by Crippen LogP contribution is -2.24. The van der Waals surface area contributed by atoms with Crippen molar-refractivity contribution in [3.05, 3.63) is 65.1 Å². The van der Waals surface area contributed by atoms with Gasteiger partial charge in [0.05, 0.1) is 12.8 Å². The first-order valence-electron chi connectivity index (χ1n) is 6.41. The van der Waals surface area contributed by atoms with E-state index in [1.165, 1.54) is 25.4 Å². The highest BCUT2D eigenvalue weighted by Crippen LogP contribution is 2.27. The normalized spacial score (nSPS) is 10.5. The maximum atomic E-state index is 12.8.